The quantitative estimate of drug-likeness (QED) is 0.702. The van der Waals surface area contributed by atoms with Gasteiger partial charge in [0.25, 0.3) is 0 Å². The first-order valence-electron chi connectivity index (χ1n) is 5.15. The van der Waals surface area contributed by atoms with Gasteiger partial charge in [0.15, 0.2) is 0 Å². The lowest BCUT2D eigenvalue weighted by atomic mass is 9.74. The number of anilines is 1. The van der Waals surface area contributed by atoms with E-state index >= 15 is 0 Å². The Morgan fingerprint density at radius 2 is 1.57 bits per heavy atom. The lowest BCUT2D eigenvalue weighted by molar-refractivity contribution is 0.273. The van der Waals surface area contributed by atoms with Gasteiger partial charge in [0.05, 0.1) is 11.6 Å². The molecule has 72 valence electrons. The van der Waals surface area contributed by atoms with Gasteiger partial charge in [-0.05, 0) is 47.9 Å². The number of nitrogens with zero attached hydrogens (tertiary/aromatic N) is 1. The van der Waals surface area contributed by atoms with Crippen molar-refractivity contribution in [3.05, 3.63) is 22.3 Å². The van der Waals surface area contributed by atoms with Crippen LogP contribution >= 0.6 is 11.8 Å². The molecule has 0 fully saturated rings. The van der Waals surface area contributed by atoms with Crippen LogP contribution in [0.5, 0.6) is 0 Å². The molecule has 1 aromatic carbocycles. The summed E-state index contributed by atoms with van der Waals surface area (Å²) in [7, 11) is 0. The summed E-state index contributed by atoms with van der Waals surface area (Å²) in [5.41, 5.74) is 7.31. The van der Waals surface area contributed by atoms with Gasteiger partial charge >= 0.3 is 0 Å². The second-order valence-corrected chi connectivity index (χ2v) is 5.22. The minimum absolute atomic E-state index is 0.720. The van der Waals surface area contributed by atoms with Crippen LogP contribution in [0.25, 0.3) is 0 Å². The third-order valence-electron chi connectivity index (χ3n) is 3.71. The summed E-state index contributed by atoms with van der Waals surface area (Å²) < 4.78 is 0. The molecule has 3 aliphatic rings. The number of fused-ring (bicyclic) bond motifs is 6. The van der Waals surface area contributed by atoms with E-state index in [-0.39, 0.29) is 0 Å². The SMILES string of the molecule is ON1CSc2c3c(c4c(c21)CC4)CC3. The lowest BCUT2D eigenvalue weighted by Gasteiger charge is -2.34. The average Bonchev–Trinajstić information content (AvgIpc) is 2.41. The maximum absolute atomic E-state index is 9.77. The fourth-order valence-corrected chi connectivity index (χ4v) is 3.97. The van der Waals surface area contributed by atoms with Crippen molar-refractivity contribution >= 4 is 17.4 Å². The highest BCUT2D eigenvalue weighted by molar-refractivity contribution is 8.00. The zero-order valence-electron chi connectivity index (χ0n) is 7.84. The van der Waals surface area contributed by atoms with Crippen molar-refractivity contribution in [3.63, 3.8) is 0 Å². The summed E-state index contributed by atoms with van der Waals surface area (Å²) in [6.07, 6.45) is 4.91. The van der Waals surface area contributed by atoms with Crippen molar-refractivity contribution in [2.45, 2.75) is 30.6 Å². The summed E-state index contributed by atoms with van der Waals surface area (Å²) in [6, 6.07) is 0. The molecule has 1 aromatic rings. The van der Waals surface area contributed by atoms with Crippen molar-refractivity contribution in [3.8, 4) is 0 Å². The molecule has 0 radical (unpaired) electrons. The van der Waals surface area contributed by atoms with Gasteiger partial charge in [0.1, 0.15) is 0 Å². The molecular weight excluding hydrogens is 194 g/mol. The van der Waals surface area contributed by atoms with E-state index in [2.05, 4.69) is 0 Å². The standard InChI is InChI=1S/C11H11NOS/c13-12-5-14-11-9-4-2-7(9)6-1-3-8(6)10(11)12/h13H,1-5H2. The van der Waals surface area contributed by atoms with Crippen molar-refractivity contribution in [1.82, 2.24) is 0 Å². The number of thioether (sulfide) groups is 1. The van der Waals surface area contributed by atoms with Gasteiger partial charge in [-0.25, -0.2) is 5.06 Å². The van der Waals surface area contributed by atoms with E-state index in [9.17, 15) is 5.21 Å². The summed E-state index contributed by atoms with van der Waals surface area (Å²) in [6.45, 7) is 0. The monoisotopic (exact) mass is 205 g/mol. The minimum Gasteiger partial charge on any atom is -0.288 e. The van der Waals surface area contributed by atoms with Gasteiger partial charge in [0.2, 0.25) is 0 Å². The maximum Gasteiger partial charge on any atom is 0.0955 e. The van der Waals surface area contributed by atoms with Crippen LogP contribution in [0.2, 0.25) is 0 Å². The lowest BCUT2D eigenvalue weighted by Crippen LogP contribution is -2.25. The molecule has 2 nitrogen and oxygen atoms in total. The zero-order valence-corrected chi connectivity index (χ0v) is 8.65. The van der Waals surface area contributed by atoms with Gasteiger partial charge in [-0.1, -0.05) is 11.8 Å². The fourth-order valence-electron chi connectivity index (χ4n) is 2.83. The van der Waals surface area contributed by atoms with Gasteiger partial charge < -0.3 is 0 Å². The molecule has 14 heavy (non-hydrogen) atoms. The van der Waals surface area contributed by atoms with E-state index in [0.29, 0.717) is 0 Å². The molecule has 0 unspecified atom stereocenters. The van der Waals surface area contributed by atoms with Crippen molar-refractivity contribution < 1.29 is 5.21 Å². The predicted molar refractivity (Wildman–Crippen MR) is 56.2 cm³/mol. The van der Waals surface area contributed by atoms with Gasteiger partial charge in [-0.3, -0.25) is 5.21 Å². The Morgan fingerprint density at radius 3 is 2.21 bits per heavy atom. The van der Waals surface area contributed by atoms with Crippen LogP contribution in [0.3, 0.4) is 0 Å². The molecule has 1 heterocycles. The molecule has 1 aliphatic heterocycles. The Kier molecular flexibility index (Phi) is 1.24. The van der Waals surface area contributed by atoms with Crippen LogP contribution in [-0.2, 0) is 25.7 Å². The number of benzene rings is 1. The summed E-state index contributed by atoms with van der Waals surface area (Å²) in [5.74, 6) is 0.720. The first-order valence-corrected chi connectivity index (χ1v) is 6.13. The molecule has 0 aromatic heterocycles. The highest BCUT2D eigenvalue weighted by Gasteiger charge is 2.36. The Balaban J connectivity index is 2.09. The third kappa shape index (κ3) is 0.675. The summed E-state index contributed by atoms with van der Waals surface area (Å²) >= 11 is 1.80. The smallest absolute Gasteiger partial charge is 0.0955 e. The second-order valence-electron chi connectivity index (χ2n) is 4.26. The van der Waals surface area contributed by atoms with Gasteiger partial charge in [0, 0.05) is 4.90 Å². The molecule has 0 atom stereocenters. The van der Waals surface area contributed by atoms with E-state index in [0.717, 1.165) is 11.6 Å². The Hall–Kier alpha value is -0.670. The number of hydroxylamine groups is 1. The molecule has 4 rings (SSSR count). The molecular formula is C11H11NOS. The Morgan fingerprint density at radius 1 is 0.929 bits per heavy atom. The molecule has 3 heteroatoms. The zero-order chi connectivity index (χ0) is 9.28. The first kappa shape index (κ1) is 7.60. The van der Waals surface area contributed by atoms with E-state index in [4.69, 9.17) is 0 Å². The number of rotatable bonds is 0. The molecule has 0 amide bonds. The predicted octanol–water partition coefficient (Wildman–Crippen LogP) is 2.14. The van der Waals surface area contributed by atoms with Crippen molar-refractivity contribution in [1.29, 1.82) is 0 Å². The van der Waals surface area contributed by atoms with Crippen LogP contribution < -0.4 is 5.06 Å². The Labute approximate surface area is 86.9 Å². The van der Waals surface area contributed by atoms with Crippen LogP contribution in [0.1, 0.15) is 22.3 Å². The van der Waals surface area contributed by atoms with Crippen LogP contribution in [-0.4, -0.2) is 11.1 Å². The first-order chi connectivity index (χ1) is 6.86. The molecule has 0 spiro atoms. The Bertz CT molecular complexity index is 455. The summed E-state index contributed by atoms with van der Waals surface area (Å²) in [5, 5.41) is 11.2. The van der Waals surface area contributed by atoms with Crippen molar-refractivity contribution in [2.75, 3.05) is 10.9 Å². The topological polar surface area (TPSA) is 23.5 Å². The van der Waals surface area contributed by atoms with Crippen molar-refractivity contribution in [2.24, 2.45) is 0 Å². The highest BCUT2D eigenvalue weighted by Crippen LogP contribution is 2.52. The maximum atomic E-state index is 9.77. The molecule has 2 aliphatic carbocycles. The number of hydrogen-bond donors (Lipinski definition) is 1. The van der Waals surface area contributed by atoms with Crippen LogP contribution in [0.4, 0.5) is 5.69 Å². The van der Waals surface area contributed by atoms with E-state index in [1.54, 1.807) is 28.5 Å². The summed E-state index contributed by atoms with van der Waals surface area (Å²) in [4.78, 5) is 1.38. The highest BCUT2D eigenvalue weighted by atomic mass is 32.2. The van der Waals surface area contributed by atoms with E-state index in [1.807, 2.05) is 0 Å². The largest absolute Gasteiger partial charge is 0.288 e. The molecule has 0 saturated carbocycles. The average molecular weight is 205 g/mol. The van der Waals surface area contributed by atoms with E-state index < -0.39 is 0 Å². The van der Waals surface area contributed by atoms with Crippen LogP contribution in [0.15, 0.2) is 4.90 Å². The van der Waals surface area contributed by atoms with Gasteiger partial charge in [-0.2, -0.15) is 0 Å². The van der Waals surface area contributed by atoms with Gasteiger partial charge in [-0.15, -0.1) is 0 Å². The molecule has 0 bridgehead atoms. The minimum atomic E-state index is 0.720. The van der Waals surface area contributed by atoms with Crippen LogP contribution in [0, 0.1) is 0 Å². The normalized spacial score (nSPS) is 20.8. The number of hydrogen-bond acceptors (Lipinski definition) is 3. The second kappa shape index (κ2) is 2.28. The van der Waals surface area contributed by atoms with E-state index in [1.165, 1.54) is 41.2 Å². The third-order valence-corrected chi connectivity index (χ3v) is 4.81. The molecule has 1 N–H and O–H groups in total. The molecule has 0 saturated heterocycles. The fraction of sp³-hybridized carbons (Fsp3) is 0.455.